The lowest BCUT2D eigenvalue weighted by molar-refractivity contribution is 0.0467. The molecule has 2 heterocycles. The number of carbonyl (C=O) groups excluding carboxylic acids is 2. The number of halogens is 1. The van der Waals surface area contributed by atoms with Crippen LogP contribution in [0.15, 0.2) is 59.4 Å². The van der Waals surface area contributed by atoms with E-state index in [4.69, 9.17) is 4.74 Å². The van der Waals surface area contributed by atoms with Crippen LogP contribution in [0.4, 0.5) is 10.1 Å². The van der Waals surface area contributed by atoms with Gasteiger partial charge in [0.25, 0.3) is 11.5 Å². The van der Waals surface area contributed by atoms with Crippen LogP contribution in [0.25, 0.3) is 4.96 Å². The number of aromatic nitrogens is 3. The van der Waals surface area contributed by atoms with Crippen LogP contribution in [0.1, 0.15) is 51.2 Å². The molecule has 1 N–H and O–H groups in total. The normalized spacial score (nSPS) is 10.9. The van der Waals surface area contributed by atoms with Gasteiger partial charge in [0.05, 0.1) is 16.8 Å². The number of nitrogens with one attached hydrogen (secondary N) is 1. The summed E-state index contributed by atoms with van der Waals surface area (Å²) in [4.78, 5) is 41.8. The van der Waals surface area contributed by atoms with Gasteiger partial charge in [-0.15, -0.1) is 0 Å². The summed E-state index contributed by atoms with van der Waals surface area (Å²) in [5, 5.41) is 7.70. The Morgan fingerprint density at radius 2 is 1.91 bits per heavy atom. The van der Waals surface area contributed by atoms with Gasteiger partial charge in [0.1, 0.15) is 17.4 Å². The molecule has 4 aromatic rings. The number of ether oxygens (including phenoxy) is 1. The first-order chi connectivity index (χ1) is 16.4. The number of amides is 1. The third-order valence-corrected chi connectivity index (χ3v) is 5.90. The lowest BCUT2D eigenvalue weighted by Crippen LogP contribution is -2.17. The molecule has 2 aromatic carbocycles. The highest BCUT2D eigenvalue weighted by atomic mass is 32.1. The number of aryl methyl sites for hydroxylation is 1. The van der Waals surface area contributed by atoms with Gasteiger partial charge < -0.3 is 10.1 Å². The molecule has 8 nitrogen and oxygen atoms in total. The average molecular weight is 481 g/mol. The number of esters is 1. The Bertz CT molecular complexity index is 1400. The number of benzene rings is 2. The SMILES string of the molecule is CCCCc1nn2c(=O)cc(COC(=O)c3ccc(NC(=O)c4ccccc4F)cc3)nc2s1. The van der Waals surface area contributed by atoms with Crippen LogP contribution in [-0.4, -0.2) is 26.5 Å². The first kappa shape index (κ1) is 23.2. The third-order valence-electron chi connectivity index (χ3n) is 4.93. The van der Waals surface area contributed by atoms with Crippen molar-refractivity contribution in [2.24, 2.45) is 0 Å². The molecule has 0 aliphatic rings. The molecule has 0 fully saturated rings. The van der Waals surface area contributed by atoms with Gasteiger partial charge in [0.15, 0.2) is 0 Å². The number of unbranched alkanes of at least 4 members (excludes halogenated alkanes) is 1. The molecule has 0 saturated carbocycles. The molecule has 0 aliphatic heterocycles. The van der Waals surface area contributed by atoms with Gasteiger partial charge in [0.2, 0.25) is 4.96 Å². The minimum Gasteiger partial charge on any atom is -0.456 e. The summed E-state index contributed by atoms with van der Waals surface area (Å²) in [6, 6.07) is 12.9. The third kappa shape index (κ3) is 5.34. The predicted octanol–water partition coefficient (Wildman–Crippen LogP) is 4.24. The summed E-state index contributed by atoms with van der Waals surface area (Å²) < 4.78 is 20.3. The molecule has 1 amide bonds. The molecular weight excluding hydrogens is 459 g/mol. The van der Waals surface area contributed by atoms with Gasteiger partial charge in [-0.25, -0.2) is 14.2 Å². The van der Waals surface area contributed by atoms with Crippen molar-refractivity contribution < 1.29 is 18.7 Å². The van der Waals surface area contributed by atoms with Gasteiger partial charge >= 0.3 is 5.97 Å². The number of anilines is 1. The monoisotopic (exact) mass is 480 g/mol. The molecule has 2 aromatic heterocycles. The molecule has 0 aliphatic carbocycles. The van der Waals surface area contributed by atoms with Gasteiger partial charge in [-0.05, 0) is 42.8 Å². The van der Waals surface area contributed by atoms with E-state index in [0.717, 1.165) is 24.3 Å². The van der Waals surface area contributed by atoms with E-state index in [-0.39, 0.29) is 23.3 Å². The second-order valence-corrected chi connectivity index (χ2v) is 8.51. The smallest absolute Gasteiger partial charge is 0.338 e. The van der Waals surface area contributed by atoms with E-state index in [0.29, 0.717) is 16.3 Å². The van der Waals surface area contributed by atoms with E-state index in [2.05, 4.69) is 22.3 Å². The molecule has 0 spiro atoms. The number of hydrogen-bond donors (Lipinski definition) is 1. The Balaban J connectivity index is 1.38. The number of nitrogens with zero attached hydrogens (tertiary/aromatic N) is 3. The van der Waals surface area contributed by atoms with Crippen molar-refractivity contribution in [1.82, 2.24) is 14.6 Å². The van der Waals surface area contributed by atoms with E-state index in [1.807, 2.05) is 0 Å². The standard InChI is InChI=1S/C24H21FN4O4S/c1-2-3-8-20-28-29-21(30)13-17(27-24(29)34-20)14-33-23(32)15-9-11-16(12-10-15)26-22(31)18-6-4-5-7-19(18)25/h4-7,9-13H,2-3,8,14H2,1H3,(H,26,31). The largest absolute Gasteiger partial charge is 0.456 e. The van der Waals surface area contributed by atoms with Gasteiger partial charge in [-0.1, -0.05) is 36.8 Å². The number of fused-ring (bicyclic) bond motifs is 1. The second-order valence-electron chi connectivity index (χ2n) is 7.47. The Morgan fingerprint density at radius 3 is 2.65 bits per heavy atom. The van der Waals surface area contributed by atoms with Crippen LogP contribution in [0.5, 0.6) is 0 Å². The summed E-state index contributed by atoms with van der Waals surface area (Å²) in [7, 11) is 0. The molecule has 10 heteroatoms. The Hall–Kier alpha value is -3.92. The van der Waals surface area contributed by atoms with Crippen LogP contribution in [0.2, 0.25) is 0 Å². The minimum absolute atomic E-state index is 0.0789. The fraction of sp³-hybridized carbons (Fsp3) is 0.208. The first-order valence-electron chi connectivity index (χ1n) is 10.7. The van der Waals surface area contributed by atoms with E-state index >= 15 is 0 Å². The minimum atomic E-state index is -0.623. The molecule has 4 rings (SSSR count). The zero-order chi connectivity index (χ0) is 24.1. The van der Waals surface area contributed by atoms with Crippen LogP contribution in [0.3, 0.4) is 0 Å². The number of hydrogen-bond acceptors (Lipinski definition) is 7. The van der Waals surface area contributed by atoms with Crippen LogP contribution in [-0.2, 0) is 17.8 Å². The summed E-state index contributed by atoms with van der Waals surface area (Å²) in [5.41, 5.74) is 0.572. The summed E-state index contributed by atoms with van der Waals surface area (Å²) in [6.45, 7) is 1.91. The van der Waals surface area contributed by atoms with Crippen LogP contribution >= 0.6 is 11.3 Å². The molecule has 0 atom stereocenters. The van der Waals surface area contributed by atoms with E-state index in [9.17, 15) is 18.8 Å². The molecule has 34 heavy (non-hydrogen) atoms. The highest BCUT2D eigenvalue weighted by molar-refractivity contribution is 7.16. The van der Waals surface area contributed by atoms with Crippen molar-refractivity contribution in [3.05, 3.63) is 92.6 Å². The van der Waals surface area contributed by atoms with E-state index in [1.54, 1.807) is 6.07 Å². The van der Waals surface area contributed by atoms with Crippen molar-refractivity contribution in [2.75, 3.05) is 5.32 Å². The molecule has 174 valence electrons. The van der Waals surface area contributed by atoms with Gasteiger partial charge in [-0.2, -0.15) is 9.61 Å². The Morgan fingerprint density at radius 1 is 1.15 bits per heavy atom. The lowest BCUT2D eigenvalue weighted by Gasteiger charge is -2.08. The fourth-order valence-corrected chi connectivity index (χ4v) is 4.11. The van der Waals surface area contributed by atoms with Crippen molar-refractivity contribution in [1.29, 1.82) is 0 Å². The van der Waals surface area contributed by atoms with Crippen molar-refractivity contribution in [3.63, 3.8) is 0 Å². The number of carbonyl (C=O) groups is 2. The summed E-state index contributed by atoms with van der Waals surface area (Å²) in [6.07, 6.45) is 2.79. The Kier molecular flexibility index (Phi) is 7.07. The van der Waals surface area contributed by atoms with E-state index in [1.165, 1.54) is 64.4 Å². The van der Waals surface area contributed by atoms with Crippen LogP contribution < -0.4 is 10.9 Å². The quantitative estimate of drug-likeness (QED) is 0.379. The zero-order valence-electron chi connectivity index (χ0n) is 18.3. The zero-order valence-corrected chi connectivity index (χ0v) is 19.1. The first-order valence-corrected chi connectivity index (χ1v) is 11.5. The Labute approximate surface area is 198 Å². The highest BCUT2D eigenvalue weighted by Gasteiger charge is 2.14. The van der Waals surface area contributed by atoms with Crippen molar-refractivity contribution >= 4 is 33.9 Å². The molecular formula is C24H21FN4O4S. The topological polar surface area (TPSA) is 103 Å². The van der Waals surface area contributed by atoms with Gasteiger partial charge in [0, 0.05) is 18.2 Å². The lowest BCUT2D eigenvalue weighted by atomic mass is 10.1. The molecule has 0 bridgehead atoms. The maximum Gasteiger partial charge on any atom is 0.338 e. The summed E-state index contributed by atoms with van der Waals surface area (Å²) in [5.74, 6) is -1.83. The maximum absolute atomic E-state index is 13.7. The average Bonchev–Trinajstić information content (AvgIpc) is 3.25. The fourth-order valence-electron chi connectivity index (χ4n) is 3.16. The number of rotatable bonds is 8. The predicted molar refractivity (Wildman–Crippen MR) is 126 cm³/mol. The van der Waals surface area contributed by atoms with Gasteiger partial charge in [-0.3, -0.25) is 9.59 Å². The maximum atomic E-state index is 13.7. The van der Waals surface area contributed by atoms with Crippen molar-refractivity contribution in [3.8, 4) is 0 Å². The van der Waals surface area contributed by atoms with E-state index < -0.39 is 17.7 Å². The van der Waals surface area contributed by atoms with Crippen LogP contribution in [0, 0.1) is 5.82 Å². The summed E-state index contributed by atoms with van der Waals surface area (Å²) >= 11 is 1.34. The molecule has 0 unspecified atom stereocenters. The molecule has 0 saturated heterocycles. The van der Waals surface area contributed by atoms with Crippen molar-refractivity contribution in [2.45, 2.75) is 32.8 Å². The highest BCUT2D eigenvalue weighted by Crippen LogP contribution is 2.16. The molecule has 0 radical (unpaired) electrons. The second kappa shape index (κ2) is 10.3.